The first-order valence-corrected chi connectivity index (χ1v) is 11.7. The molecule has 0 spiro atoms. The van der Waals surface area contributed by atoms with Crippen LogP contribution in [0.25, 0.3) is 0 Å². The molecule has 1 aromatic heterocycles. The fourth-order valence-corrected chi connectivity index (χ4v) is 5.28. The lowest BCUT2D eigenvalue weighted by atomic mass is 10.0. The van der Waals surface area contributed by atoms with Gasteiger partial charge in [0.2, 0.25) is 0 Å². The van der Waals surface area contributed by atoms with Gasteiger partial charge in [-0.1, -0.05) is 42.5 Å². The fourth-order valence-electron chi connectivity index (χ4n) is 4.32. The van der Waals surface area contributed by atoms with E-state index in [0.29, 0.717) is 0 Å². The Morgan fingerprint density at radius 3 is 2.28 bits per heavy atom. The summed E-state index contributed by atoms with van der Waals surface area (Å²) >= 11 is 1.63. The molecule has 2 aromatic carbocycles. The van der Waals surface area contributed by atoms with E-state index in [4.69, 9.17) is 0 Å². The predicted molar refractivity (Wildman–Crippen MR) is 124 cm³/mol. The van der Waals surface area contributed by atoms with Crippen LogP contribution in [0.2, 0.25) is 0 Å². The molecule has 1 N–H and O–H groups in total. The van der Waals surface area contributed by atoms with Crippen LogP contribution in [0, 0.1) is 11.6 Å². The summed E-state index contributed by atoms with van der Waals surface area (Å²) in [5.74, 6) is -2.42. The van der Waals surface area contributed by atoms with Crippen LogP contribution in [-0.2, 0) is 6.54 Å². The van der Waals surface area contributed by atoms with Crippen molar-refractivity contribution >= 4 is 17.2 Å². The van der Waals surface area contributed by atoms with E-state index in [1.807, 2.05) is 24.4 Å². The zero-order valence-electron chi connectivity index (χ0n) is 18.0. The van der Waals surface area contributed by atoms with E-state index in [-0.39, 0.29) is 12.1 Å². The molecule has 4 nitrogen and oxygen atoms in total. The van der Waals surface area contributed by atoms with Crippen LogP contribution in [0.5, 0.6) is 0 Å². The van der Waals surface area contributed by atoms with Gasteiger partial charge in [-0.25, -0.2) is 8.78 Å². The maximum absolute atomic E-state index is 14.1. The molecule has 168 valence electrons. The predicted octanol–water partition coefficient (Wildman–Crippen LogP) is 4.70. The zero-order valence-corrected chi connectivity index (χ0v) is 18.8. The molecule has 7 heteroatoms. The first-order valence-electron chi connectivity index (χ1n) is 10.8. The van der Waals surface area contributed by atoms with Crippen molar-refractivity contribution in [1.29, 1.82) is 0 Å². The molecule has 2 heterocycles. The molecule has 0 unspecified atom stereocenters. The fraction of sp³-hybridized carbons (Fsp3) is 0.320. The Morgan fingerprint density at radius 1 is 0.969 bits per heavy atom. The third-order valence-corrected chi connectivity index (χ3v) is 6.85. The second-order valence-electron chi connectivity index (χ2n) is 8.12. The van der Waals surface area contributed by atoms with Crippen LogP contribution in [-0.4, -0.2) is 47.9 Å². The third-order valence-electron chi connectivity index (χ3n) is 5.91. The molecule has 0 radical (unpaired) electrons. The number of nitrogens with zero attached hydrogens (tertiary/aromatic N) is 2. The van der Waals surface area contributed by atoms with Gasteiger partial charge in [-0.05, 0) is 36.1 Å². The minimum absolute atomic E-state index is 0.0624. The number of halogens is 2. The Labute approximate surface area is 191 Å². The minimum Gasteiger partial charge on any atom is -0.347 e. The topological polar surface area (TPSA) is 35.6 Å². The van der Waals surface area contributed by atoms with Crippen molar-refractivity contribution in [2.24, 2.45) is 0 Å². The molecule has 0 bridgehead atoms. The molecule has 1 fully saturated rings. The maximum atomic E-state index is 14.1. The zero-order chi connectivity index (χ0) is 22.5. The van der Waals surface area contributed by atoms with Gasteiger partial charge in [0.1, 0.15) is 17.2 Å². The summed E-state index contributed by atoms with van der Waals surface area (Å²) in [6.45, 7) is 6.35. The van der Waals surface area contributed by atoms with Gasteiger partial charge in [-0.15, -0.1) is 11.3 Å². The Kier molecular flexibility index (Phi) is 7.29. The number of carbonyl (C=O) groups is 1. The maximum Gasteiger partial charge on any atom is 0.257 e. The van der Waals surface area contributed by atoms with Crippen LogP contribution in [0.3, 0.4) is 0 Å². The van der Waals surface area contributed by atoms with E-state index >= 15 is 0 Å². The molecule has 1 amide bonds. The quantitative estimate of drug-likeness (QED) is 0.561. The van der Waals surface area contributed by atoms with Crippen molar-refractivity contribution < 1.29 is 13.6 Å². The van der Waals surface area contributed by atoms with Crippen molar-refractivity contribution in [3.05, 3.63) is 93.7 Å². The summed E-state index contributed by atoms with van der Waals surface area (Å²) in [6.07, 6.45) is 0. The summed E-state index contributed by atoms with van der Waals surface area (Å²) in [4.78, 5) is 18.6. The monoisotopic (exact) mass is 455 g/mol. The normalized spacial score (nSPS) is 17.1. The minimum atomic E-state index is -0.850. The van der Waals surface area contributed by atoms with Crippen molar-refractivity contribution in [1.82, 2.24) is 15.1 Å². The highest BCUT2D eigenvalue weighted by Gasteiger charge is 2.31. The number of piperazine rings is 1. The highest BCUT2D eigenvalue weighted by Crippen LogP contribution is 2.30. The van der Waals surface area contributed by atoms with Crippen LogP contribution < -0.4 is 5.32 Å². The van der Waals surface area contributed by atoms with E-state index in [2.05, 4.69) is 45.4 Å². The highest BCUT2D eigenvalue weighted by molar-refractivity contribution is 7.10. The van der Waals surface area contributed by atoms with Crippen LogP contribution in [0.15, 0.2) is 66.0 Å². The Bertz CT molecular complexity index is 1000. The van der Waals surface area contributed by atoms with E-state index in [0.717, 1.165) is 49.7 Å². The van der Waals surface area contributed by atoms with E-state index in [1.54, 1.807) is 11.3 Å². The smallest absolute Gasteiger partial charge is 0.257 e. The largest absolute Gasteiger partial charge is 0.347 e. The summed E-state index contributed by atoms with van der Waals surface area (Å²) in [5.41, 5.74) is 0.764. The number of carbonyl (C=O) groups excluding carboxylic acids is 1. The molecule has 1 aliphatic heterocycles. The lowest BCUT2D eigenvalue weighted by molar-refractivity contribution is 0.0711. The number of hydrogen-bond acceptors (Lipinski definition) is 4. The first-order chi connectivity index (χ1) is 15.5. The van der Waals surface area contributed by atoms with Crippen molar-refractivity contribution in [2.75, 3.05) is 26.2 Å². The molecular weight excluding hydrogens is 428 g/mol. The number of hydrogen-bond donors (Lipinski definition) is 1. The van der Waals surface area contributed by atoms with Gasteiger partial charge >= 0.3 is 0 Å². The molecule has 1 aliphatic rings. The van der Waals surface area contributed by atoms with Crippen LogP contribution in [0.1, 0.15) is 33.8 Å². The molecule has 2 atom stereocenters. The van der Waals surface area contributed by atoms with Gasteiger partial charge in [-0.2, -0.15) is 0 Å². The number of benzene rings is 2. The van der Waals surface area contributed by atoms with E-state index in [1.165, 1.54) is 11.6 Å². The van der Waals surface area contributed by atoms with Crippen molar-refractivity contribution in [3.8, 4) is 0 Å². The summed E-state index contributed by atoms with van der Waals surface area (Å²) in [5, 5.41) is 4.86. The second kappa shape index (κ2) is 10.3. The average molecular weight is 456 g/mol. The van der Waals surface area contributed by atoms with Crippen molar-refractivity contribution in [3.63, 3.8) is 0 Å². The van der Waals surface area contributed by atoms with Gasteiger partial charge in [0, 0.05) is 43.6 Å². The summed E-state index contributed by atoms with van der Waals surface area (Å²) < 4.78 is 28.2. The van der Waals surface area contributed by atoms with E-state index in [9.17, 15) is 13.6 Å². The average Bonchev–Trinajstić information content (AvgIpc) is 3.30. The van der Waals surface area contributed by atoms with Crippen LogP contribution >= 0.6 is 11.3 Å². The lowest BCUT2D eigenvalue weighted by Gasteiger charge is -2.41. The van der Waals surface area contributed by atoms with Crippen molar-refractivity contribution in [2.45, 2.75) is 25.6 Å². The first kappa shape index (κ1) is 22.6. The SMILES string of the molecule is C[C@H](NC(=O)c1c(F)cccc1F)[C@H](c1cccs1)N1CCN(Cc2ccccc2)CC1. The number of nitrogens with one attached hydrogen (secondary N) is 1. The molecule has 4 rings (SSSR count). The van der Waals surface area contributed by atoms with Gasteiger partial charge in [0.05, 0.1) is 6.04 Å². The summed E-state index contributed by atoms with van der Waals surface area (Å²) in [6, 6.07) is 17.5. The summed E-state index contributed by atoms with van der Waals surface area (Å²) in [7, 11) is 0. The Balaban J connectivity index is 1.44. The second-order valence-corrected chi connectivity index (χ2v) is 9.10. The molecule has 3 aromatic rings. The highest BCUT2D eigenvalue weighted by atomic mass is 32.1. The molecule has 32 heavy (non-hydrogen) atoms. The molecule has 1 saturated heterocycles. The third kappa shape index (κ3) is 5.23. The number of thiophene rings is 1. The molecule has 0 aliphatic carbocycles. The standard InChI is InChI=1S/C25H27F2N3OS/c1-18(28-25(31)23-20(26)9-5-10-21(23)27)24(22-11-6-16-32-22)30-14-12-29(13-15-30)17-19-7-3-2-4-8-19/h2-11,16,18,24H,12-15,17H2,1H3,(H,28,31)/t18-,24+/m0/s1. The van der Waals surface area contributed by atoms with Gasteiger partial charge in [-0.3, -0.25) is 14.6 Å². The molecular formula is C25H27F2N3OS. The van der Waals surface area contributed by atoms with Gasteiger partial charge in [0.25, 0.3) is 5.91 Å². The molecule has 0 saturated carbocycles. The van der Waals surface area contributed by atoms with Gasteiger partial charge < -0.3 is 5.32 Å². The Hall–Kier alpha value is -2.61. The number of amides is 1. The van der Waals surface area contributed by atoms with E-state index < -0.39 is 23.1 Å². The van der Waals surface area contributed by atoms with Crippen LogP contribution in [0.4, 0.5) is 8.78 Å². The number of rotatable bonds is 7. The van der Waals surface area contributed by atoms with Gasteiger partial charge in [0.15, 0.2) is 0 Å². The lowest BCUT2D eigenvalue weighted by Crippen LogP contribution is -2.52. The Morgan fingerprint density at radius 2 is 1.66 bits per heavy atom.